The summed E-state index contributed by atoms with van der Waals surface area (Å²) in [6.07, 6.45) is 3.45. The van der Waals surface area contributed by atoms with E-state index < -0.39 is 0 Å². The molecule has 0 saturated carbocycles. The molecule has 8 heteroatoms. The van der Waals surface area contributed by atoms with E-state index in [9.17, 15) is 14.4 Å². The summed E-state index contributed by atoms with van der Waals surface area (Å²) in [7, 11) is 0. The Hall–Kier alpha value is -3.06. The molecule has 2 aliphatic heterocycles. The van der Waals surface area contributed by atoms with Crippen molar-refractivity contribution in [3.63, 3.8) is 0 Å². The Kier molecular flexibility index (Phi) is 7.96. The first-order valence-corrected chi connectivity index (χ1v) is 12.8. The number of benzene rings is 2. The lowest BCUT2D eigenvalue weighted by Crippen LogP contribution is -2.57. The van der Waals surface area contributed by atoms with Crippen LogP contribution in [0.25, 0.3) is 0 Å². The Labute approximate surface area is 212 Å². The molecule has 1 saturated heterocycles. The number of fused-ring (bicyclic) bond motifs is 3. The van der Waals surface area contributed by atoms with E-state index >= 15 is 0 Å². The highest BCUT2D eigenvalue weighted by Gasteiger charge is 2.40. The van der Waals surface area contributed by atoms with E-state index in [1.54, 1.807) is 15.9 Å². The fourth-order valence-corrected chi connectivity index (χ4v) is 5.07. The minimum atomic E-state index is -0.262. The quantitative estimate of drug-likeness (QED) is 0.602. The highest BCUT2D eigenvalue weighted by molar-refractivity contribution is 6.30. The van der Waals surface area contributed by atoms with Crippen LogP contribution in [-0.2, 0) is 16.0 Å². The summed E-state index contributed by atoms with van der Waals surface area (Å²) in [5, 5.41) is 3.61. The van der Waals surface area contributed by atoms with Gasteiger partial charge < -0.3 is 15.1 Å². The molecular formula is C27H33ClN4O3. The number of carbonyl (C=O) groups is 3. The van der Waals surface area contributed by atoms with Crippen molar-refractivity contribution in [3.8, 4) is 0 Å². The van der Waals surface area contributed by atoms with Crippen LogP contribution in [0.3, 0.4) is 0 Å². The van der Waals surface area contributed by atoms with Crippen molar-refractivity contribution < 1.29 is 14.4 Å². The van der Waals surface area contributed by atoms with Gasteiger partial charge in [0.15, 0.2) is 0 Å². The van der Waals surface area contributed by atoms with Crippen LogP contribution < -0.4 is 15.1 Å². The zero-order valence-electron chi connectivity index (χ0n) is 20.4. The molecule has 2 aromatic carbocycles. The number of amides is 3. The molecule has 0 spiro atoms. The molecular weight excluding hydrogens is 464 g/mol. The van der Waals surface area contributed by atoms with E-state index in [2.05, 4.69) is 10.2 Å². The van der Waals surface area contributed by atoms with E-state index in [1.165, 1.54) is 0 Å². The Morgan fingerprint density at radius 1 is 1.06 bits per heavy atom. The van der Waals surface area contributed by atoms with Crippen LogP contribution in [0, 0.1) is 0 Å². The van der Waals surface area contributed by atoms with Crippen molar-refractivity contribution in [2.24, 2.45) is 0 Å². The molecule has 1 fully saturated rings. The third-order valence-corrected chi connectivity index (χ3v) is 7.13. The van der Waals surface area contributed by atoms with E-state index in [0.29, 0.717) is 42.3 Å². The van der Waals surface area contributed by atoms with Crippen LogP contribution >= 0.6 is 11.6 Å². The molecule has 0 radical (unpaired) electrons. The van der Waals surface area contributed by atoms with Gasteiger partial charge in [0.25, 0.3) is 5.91 Å². The van der Waals surface area contributed by atoms with Crippen LogP contribution in [0.4, 0.5) is 11.4 Å². The molecule has 3 amide bonds. The van der Waals surface area contributed by atoms with Gasteiger partial charge in [-0.3, -0.25) is 19.3 Å². The van der Waals surface area contributed by atoms with Crippen molar-refractivity contribution in [2.45, 2.75) is 45.6 Å². The monoisotopic (exact) mass is 496 g/mol. The summed E-state index contributed by atoms with van der Waals surface area (Å²) in [4.78, 5) is 44.9. The van der Waals surface area contributed by atoms with Crippen LogP contribution in [0.2, 0.25) is 5.02 Å². The van der Waals surface area contributed by atoms with Gasteiger partial charge in [0.1, 0.15) is 12.6 Å². The first-order valence-electron chi connectivity index (χ1n) is 12.5. The third-order valence-electron chi connectivity index (χ3n) is 6.88. The lowest BCUT2D eigenvalue weighted by Gasteiger charge is -2.45. The second kappa shape index (κ2) is 11.1. The van der Waals surface area contributed by atoms with Crippen LogP contribution in [0.15, 0.2) is 42.5 Å². The molecule has 0 aliphatic carbocycles. The number of nitrogens with one attached hydrogen (secondary N) is 1. The third kappa shape index (κ3) is 5.45. The largest absolute Gasteiger partial charge is 0.358 e. The number of carbonyl (C=O) groups excluding carboxylic acids is 3. The van der Waals surface area contributed by atoms with Crippen LogP contribution in [-0.4, -0.2) is 61.4 Å². The Morgan fingerprint density at radius 2 is 1.80 bits per heavy atom. The molecule has 0 bridgehead atoms. The number of halogens is 1. The number of hydrogen-bond donors (Lipinski definition) is 1. The molecule has 0 aromatic heterocycles. The molecule has 2 aliphatic rings. The van der Waals surface area contributed by atoms with E-state index in [0.717, 1.165) is 37.1 Å². The minimum Gasteiger partial charge on any atom is -0.358 e. The summed E-state index contributed by atoms with van der Waals surface area (Å²) in [6.45, 7) is 6.31. The van der Waals surface area contributed by atoms with Gasteiger partial charge in [-0.05, 0) is 75.4 Å². The topological polar surface area (TPSA) is 73.0 Å². The fourth-order valence-electron chi connectivity index (χ4n) is 4.94. The normalized spacial score (nSPS) is 17.0. The highest BCUT2D eigenvalue weighted by atomic mass is 35.5. The van der Waals surface area contributed by atoms with Gasteiger partial charge in [-0.25, -0.2) is 0 Å². The molecule has 2 heterocycles. The fraction of sp³-hybridized carbons (Fsp3) is 0.444. The van der Waals surface area contributed by atoms with Gasteiger partial charge in [0.05, 0.1) is 11.4 Å². The van der Waals surface area contributed by atoms with Gasteiger partial charge in [-0.2, -0.15) is 0 Å². The van der Waals surface area contributed by atoms with Gasteiger partial charge in [-0.15, -0.1) is 0 Å². The average Bonchev–Trinajstić information content (AvgIpc) is 2.88. The Bertz CT molecular complexity index is 1080. The van der Waals surface area contributed by atoms with Crippen molar-refractivity contribution in [3.05, 3.63) is 58.6 Å². The number of piperidine rings is 1. The lowest BCUT2D eigenvalue weighted by atomic mass is 9.95. The van der Waals surface area contributed by atoms with E-state index in [4.69, 9.17) is 11.6 Å². The molecule has 186 valence electrons. The predicted molar refractivity (Wildman–Crippen MR) is 139 cm³/mol. The van der Waals surface area contributed by atoms with E-state index in [1.807, 2.05) is 50.2 Å². The number of nitrogens with zero attached hydrogens (tertiary/aromatic N) is 3. The maximum Gasteiger partial charge on any atom is 0.253 e. The van der Waals surface area contributed by atoms with Crippen molar-refractivity contribution >= 4 is 40.7 Å². The SMILES string of the molecule is CCN(CC)C(=O)c1ccc2c(c1)N(CC(=O)NCCc1ccc(Cl)cc1)C(=O)[C@@H]1CCCCN21. The highest BCUT2D eigenvalue weighted by Crippen LogP contribution is 2.40. The Morgan fingerprint density at radius 3 is 2.51 bits per heavy atom. The first kappa shape index (κ1) is 25.0. The molecule has 1 atom stereocenters. The predicted octanol–water partition coefficient (Wildman–Crippen LogP) is 3.89. The zero-order chi connectivity index (χ0) is 24.9. The molecule has 4 rings (SSSR count). The molecule has 1 N–H and O–H groups in total. The maximum atomic E-state index is 13.5. The Balaban J connectivity index is 1.54. The van der Waals surface area contributed by atoms with Gasteiger partial charge in [-0.1, -0.05) is 23.7 Å². The summed E-state index contributed by atoms with van der Waals surface area (Å²) in [6, 6.07) is 12.8. The van der Waals surface area contributed by atoms with Gasteiger partial charge >= 0.3 is 0 Å². The molecule has 7 nitrogen and oxygen atoms in total. The summed E-state index contributed by atoms with van der Waals surface area (Å²) < 4.78 is 0. The van der Waals surface area contributed by atoms with Gasteiger partial charge in [0.2, 0.25) is 11.8 Å². The second-order valence-electron chi connectivity index (χ2n) is 9.04. The average molecular weight is 497 g/mol. The smallest absolute Gasteiger partial charge is 0.253 e. The second-order valence-corrected chi connectivity index (χ2v) is 9.47. The minimum absolute atomic E-state index is 0.0697. The molecule has 2 aromatic rings. The number of anilines is 2. The summed E-state index contributed by atoms with van der Waals surface area (Å²) in [5.74, 6) is -0.362. The lowest BCUT2D eigenvalue weighted by molar-refractivity contribution is -0.124. The first-order chi connectivity index (χ1) is 16.9. The van der Waals surface area contributed by atoms with Crippen molar-refractivity contribution in [2.75, 3.05) is 42.5 Å². The number of hydrogen-bond acceptors (Lipinski definition) is 4. The summed E-state index contributed by atoms with van der Waals surface area (Å²) in [5.41, 5.74) is 3.16. The molecule has 0 unspecified atom stereocenters. The van der Waals surface area contributed by atoms with Crippen molar-refractivity contribution in [1.29, 1.82) is 0 Å². The maximum absolute atomic E-state index is 13.5. The summed E-state index contributed by atoms with van der Waals surface area (Å²) >= 11 is 5.94. The number of rotatable bonds is 8. The van der Waals surface area contributed by atoms with Crippen molar-refractivity contribution in [1.82, 2.24) is 10.2 Å². The van der Waals surface area contributed by atoms with Gasteiger partial charge in [0, 0.05) is 36.8 Å². The standard InChI is InChI=1S/C27H33ClN4O3/c1-3-30(4-2)26(34)20-10-13-22-24(17-20)32(27(35)23-7-5-6-16-31(22)23)18-25(33)29-15-14-19-8-11-21(28)12-9-19/h8-13,17,23H,3-7,14-16,18H2,1-2H3,(H,29,33)/t23-/m0/s1. The molecule has 35 heavy (non-hydrogen) atoms. The van der Waals surface area contributed by atoms with E-state index in [-0.39, 0.29) is 30.3 Å². The van der Waals surface area contributed by atoms with Crippen LogP contribution in [0.1, 0.15) is 49.0 Å². The van der Waals surface area contributed by atoms with Crippen LogP contribution in [0.5, 0.6) is 0 Å². The zero-order valence-corrected chi connectivity index (χ0v) is 21.2.